The molecule has 0 bridgehead atoms. The van der Waals surface area contributed by atoms with E-state index in [9.17, 15) is 14.4 Å². The van der Waals surface area contributed by atoms with E-state index in [4.69, 9.17) is 10.00 Å². The molecule has 0 atom stereocenters. The molecule has 0 unspecified atom stereocenters. The number of halogens is 1. The topological polar surface area (TPSA) is 86.4 Å². The van der Waals surface area contributed by atoms with Crippen LogP contribution in [0.5, 0.6) is 5.75 Å². The zero-order valence-electron chi connectivity index (χ0n) is 10.3. The normalized spacial score (nSPS) is 9.90. The van der Waals surface area contributed by atoms with Crippen molar-refractivity contribution < 1.29 is 19.2 Å². The molecule has 2 rings (SSSR count). The van der Waals surface area contributed by atoms with E-state index in [0.29, 0.717) is 5.56 Å². The molecule has 2 N–H and O–H groups in total. The van der Waals surface area contributed by atoms with Gasteiger partial charge in [-0.15, -0.1) is 0 Å². The lowest BCUT2D eigenvalue weighted by molar-refractivity contribution is 0.304. The third-order valence-electron chi connectivity index (χ3n) is 2.63. The molecule has 2 aromatic rings. The molecule has 7 heteroatoms. The van der Waals surface area contributed by atoms with Crippen LogP contribution in [0.25, 0.3) is 0 Å². The lowest BCUT2D eigenvalue weighted by atomic mass is 9.79. The van der Waals surface area contributed by atoms with Crippen molar-refractivity contribution in [2.24, 2.45) is 0 Å². The van der Waals surface area contributed by atoms with Crippen LogP contribution in [0.1, 0.15) is 11.3 Å². The Morgan fingerprint density at radius 2 is 2.15 bits per heavy atom. The fourth-order valence-electron chi connectivity index (χ4n) is 1.66. The van der Waals surface area contributed by atoms with Gasteiger partial charge in [0.15, 0.2) is 0 Å². The number of nitriles is 1. The van der Waals surface area contributed by atoms with Gasteiger partial charge in [0.05, 0.1) is 0 Å². The minimum absolute atomic E-state index is 0.00717. The van der Waals surface area contributed by atoms with Crippen LogP contribution in [0.15, 0.2) is 36.5 Å². The molecule has 0 spiro atoms. The summed E-state index contributed by atoms with van der Waals surface area (Å²) in [5.74, 6) is -0.552. The number of ether oxygens (including phenoxy) is 1. The van der Waals surface area contributed by atoms with Crippen LogP contribution in [0.3, 0.4) is 0 Å². The molecule has 0 aliphatic heterocycles. The highest BCUT2D eigenvalue weighted by Gasteiger charge is 2.18. The van der Waals surface area contributed by atoms with Gasteiger partial charge in [-0.2, -0.15) is 5.26 Å². The van der Waals surface area contributed by atoms with Crippen molar-refractivity contribution >= 4 is 12.6 Å². The van der Waals surface area contributed by atoms with Crippen LogP contribution >= 0.6 is 0 Å². The zero-order chi connectivity index (χ0) is 14.5. The first-order valence-corrected chi connectivity index (χ1v) is 5.74. The molecule has 100 valence electrons. The van der Waals surface area contributed by atoms with Gasteiger partial charge in [0.1, 0.15) is 29.9 Å². The maximum atomic E-state index is 13.2. The lowest BCUT2D eigenvalue weighted by Gasteiger charge is -2.11. The van der Waals surface area contributed by atoms with Crippen LogP contribution in [-0.4, -0.2) is 22.2 Å². The smallest absolute Gasteiger partial charge is 0.489 e. The second-order valence-electron chi connectivity index (χ2n) is 3.97. The van der Waals surface area contributed by atoms with Crippen LogP contribution in [-0.2, 0) is 6.61 Å². The summed E-state index contributed by atoms with van der Waals surface area (Å²) in [7, 11) is -1.77. The average Bonchev–Trinajstić information content (AvgIpc) is 2.45. The van der Waals surface area contributed by atoms with E-state index in [2.05, 4.69) is 4.98 Å². The number of hydrogen-bond donors (Lipinski definition) is 2. The highest BCUT2D eigenvalue weighted by molar-refractivity contribution is 6.59. The molecule has 0 amide bonds. The zero-order valence-corrected chi connectivity index (χ0v) is 10.3. The van der Waals surface area contributed by atoms with Crippen LogP contribution in [0, 0.1) is 17.1 Å². The summed E-state index contributed by atoms with van der Waals surface area (Å²) in [5, 5.41) is 27.3. The molecule has 0 radical (unpaired) electrons. The van der Waals surface area contributed by atoms with Gasteiger partial charge in [0.25, 0.3) is 0 Å². The second-order valence-corrected chi connectivity index (χ2v) is 3.97. The fraction of sp³-hybridized carbons (Fsp3) is 0.0769. The SMILES string of the molecule is N#Cc1ncccc1COc1cc(F)ccc1B(O)O. The van der Waals surface area contributed by atoms with Gasteiger partial charge in [-0.3, -0.25) is 0 Å². The number of rotatable bonds is 4. The minimum atomic E-state index is -1.77. The Morgan fingerprint density at radius 1 is 1.35 bits per heavy atom. The molecule has 0 aliphatic carbocycles. The van der Waals surface area contributed by atoms with Crippen molar-refractivity contribution in [1.82, 2.24) is 4.98 Å². The maximum Gasteiger partial charge on any atom is 0.492 e. The molecule has 20 heavy (non-hydrogen) atoms. The summed E-state index contributed by atoms with van der Waals surface area (Å²) in [6.07, 6.45) is 1.48. The number of benzene rings is 1. The quantitative estimate of drug-likeness (QED) is 0.784. The number of nitrogens with zero attached hydrogens (tertiary/aromatic N) is 2. The van der Waals surface area contributed by atoms with E-state index in [0.717, 1.165) is 12.1 Å². The predicted molar refractivity (Wildman–Crippen MR) is 69.5 cm³/mol. The Hall–Kier alpha value is -2.43. The molecule has 5 nitrogen and oxygen atoms in total. The van der Waals surface area contributed by atoms with E-state index in [1.54, 1.807) is 12.1 Å². The summed E-state index contributed by atoms with van der Waals surface area (Å²) >= 11 is 0. The summed E-state index contributed by atoms with van der Waals surface area (Å²) in [6, 6.07) is 8.60. The Labute approximate surface area is 115 Å². The molecule has 1 aromatic carbocycles. The van der Waals surface area contributed by atoms with Crippen LogP contribution < -0.4 is 10.2 Å². The molecule has 0 saturated carbocycles. The van der Waals surface area contributed by atoms with E-state index in [-0.39, 0.29) is 23.5 Å². The van der Waals surface area contributed by atoms with Gasteiger partial charge in [-0.1, -0.05) is 12.1 Å². The number of pyridine rings is 1. The van der Waals surface area contributed by atoms with Gasteiger partial charge < -0.3 is 14.8 Å². The third-order valence-corrected chi connectivity index (χ3v) is 2.63. The van der Waals surface area contributed by atoms with Crippen molar-refractivity contribution in [1.29, 1.82) is 5.26 Å². The monoisotopic (exact) mass is 272 g/mol. The highest BCUT2D eigenvalue weighted by atomic mass is 19.1. The molecule has 0 aliphatic rings. The molecule has 1 heterocycles. The molecule has 1 aromatic heterocycles. The Kier molecular flexibility index (Phi) is 4.30. The van der Waals surface area contributed by atoms with E-state index < -0.39 is 12.9 Å². The molecular weight excluding hydrogens is 262 g/mol. The minimum Gasteiger partial charge on any atom is -0.489 e. The summed E-state index contributed by atoms with van der Waals surface area (Å²) in [5.41, 5.74) is 0.779. The Balaban J connectivity index is 2.23. The van der Waals surface area contributed by atoms with E-state index in [1.165, 1.54) is 12.3 Å². The van der Waals surface area contributed by atoms with Gasteiger partial charge in [-0.25, -0.2) is 9.37 Å². The standard InChI is InChI=1S/C13H10BFN2O3/c15-10-3-4-11(14(18)19)13(6-10)20-8-9-2-1-5-17-12(9)7-16/h1-6,18-19H,8H2. The van der Waals surface area contributed by atoms with Gasteiger partial charge >= 0.3 is 7.12 Å². The molecular formula is C13H10BFN2O3. The van der Waals surface area contributed by atoms with Crippen LogP contribution in [0.4, 0.5) is 4.39 Å². The lowest BCUT2D eigenvalue weighted by Crippen LogP contribution is -2.31. The van der Waals surface area contributed by atoms with E-state index in [1.807, 2.05) is 6.07 Å². The summed E-state index contributed by atoms with van der Waals surface area (Å²) in [6.45, 7) is -0.0279. The van der Waals surface area contributed by atoms with Crippen molar-refractivity contribution in [2.75, 3.05) is 0 Å². The second kappa shape index (κ2) is 6.15. The predicted octanol–water partition coefficient (Wildman–Crippen LogP) is 0.351. The first-order chi connectivity index (χ1) is 9.61. The van der Waals surface area contributed by atoms with Crippen LogP contribution in [0.2, 0.25) is 0 Å². The maximum absolute atomic E-state index is 13.2. The first-order valence-electron chi connectivity index (χ1n) is 5.74. The van der Waals surface area contributed by atoms with Crippen molar-refractivity contribution in [2.45, 2.75) is 6.61 Å². The van der Waals surface area contributed by atoms with Gasteiger partial charge in [0.2, 0.25) is 0 Å². The molecule has 0 saturated heterocycles. The van der Waals surface area contributed by atoms with Crippen molar-refractivity contribution in [3.63, 3.8) is 0 Å². The third kappa shape index (κ3) is 3.12. The number of aromatic nitrogens is 1. The fourth-order valence-corrected chi connectivity index (χ4v) is 1.66. The first kappa shape index (κ1) is 14.0. The molecule has 0 fully saturated rings. The number of hydrogen-bond acceptors (Lipinski definition) is 5. The Morgan fingerprint density at radius 3 is 2.85 bits per heavy atom. The largest absolute Gasteiger partial charge is 0.492 e. The van der Waals surface area contributed by atoms with Crippen molar-refractivity contribution in [3.05, 3.63) is 53.6 Å². The Bertz CT molecular complexity index is 658. The summed E-state index contributed by atoms with van der Waals surface area (Å²) in [4.78, 5) is 3.87. The van der Waals surface area contributed by atoms with Crippen molar-refractivity contribution in [3.8, 4) is 11.8 Å². The average molecular weight is 272 g/mol. The van der Waals surface area contributed by atoms with E-state index >= 15 is 0 Å². The highest BCUT2D eigenvalue weighted by Crippen LogP contribution is 2.14. The summed E-state index contributed by atoms with van der Waals surface area (Å²) < 4.78 is 18.5. The van der Waals surface area contributed by atoms with Gasteiger partial charge in [-0.05, 0) is 12.1 Å². The van der Waals surface area contributed by atoms with Gasteiger partial charge in [0, 0.05) is 23.3 Å².